The summed E-state index contributed by atoms with van der Waals surface area (Å²) in [6.45, 7) is 9.80. The molecule has 5 atom stereocenters. The van der Waals surface area contributed by atoms with Gasteiger partial charge in [0.25, 0.3) is 0 Å². The second-order valence-electron chi connectivity index (χ2n) is 10.2. The lowest BCUT2D eigenvalue weighted by Gasteiger charge is -2.32. The van der Waals surface area contributed by atoms with Crippen molar-refractivity contribution in [3.8, 4) is 0 Å². The van der Waals surface area contributed by atoms with E-state index in [1.807, 2.05) is 38.8 Å². The van der Waals surface area contributed by atoms with Crippen LogP contribution >= 0.6 is 0 Å². The van der Waals surface area contributed by atoms with Gasteiger partial charge >= 0.3 is 0 Å². The summed E-state index contributed by atoms with van der Waals surface area (Å²) < 4.78 is 0. The Hall–Kier alpha value is -1.17. The second kappa shape index (κ2) is 11.4. The Morgan fingerprint density at radius 1 is 1.37 bits per heavy atom. The molecule has 0 spiro atoms. The Morgan fingerprint density at radius 3 is 2.77 bits per heavy atom. The van der Waals surface area contributed by atoms with Crippen LogP contribution in [0.2, 0.25) is 0 Å². The normalized spacial score (nSPS) is 27.4. The number of rotatable bonds is 11. The van der Waals surface area contributed by atoms with Crippen molar-refractivity contribution in [2.24, 2.45) is 17.8 Å². The van der Waals surface area contributed by atoms with Gasteiger partial charge in [-0.3, -0.25) is 4.79 Å². The number of carbonyl (C=O) groups excluding carboxylic acids is 1. The largest absolute Gasteiger partial charge is 0.392 e. The third-order valence-electron chi connectivity index (χ3n) is 6.86. The van der Waals surface area contributed by atoms with E-state index in [0.29, 0.717) is 24.8 Å². The predicted octanol–water partition coefficient (Wildman–Crippen LogP) is 3.66. The fourth-order valence-electron chi connectivity index (χ4n) is 4.68. The van der Waals surface area contributed by atoms with E-state index in [9.17, 15) is 15.0 Å². The Kier molecular flexibility index (Phi) is 9.58. The van der Waals surface area contributed by atoms with Gasteiger partial charge in [-0.25, -0.2) is 0 Å². The number of carbonyl (C=O) groups is 1. The van der Waals surface area contributed by atoms with Crippen LogP contribution in [0.15, 0.2) is 23.8 Å². The van der Waals surface area contributed by atoms with Crippen LogP contribution in [-0.4, -0.2) is 58.9 Å². The summed E-state index contributed by atoms with van der Waals surface area (Å²) in [4.78, 5) is 14.1. The van der Waals surface area contributed by atoms with Crippen LogP contribution in [0, 0.1) is 17.8 Å². The summed E-state index contributed by atoms with van der Waals surface area (Å²) in [5, 5.41) is 24.1. The van der Waals surface area contributed by atoms with Crippen molar-refractivity contribution < 1.29 is 15.0 Å². The average molecular weight is 421 g/mol. The monoisotopic (exact) mass is 420 g/mol. The molecule has 30 heavy (non-hydrogen) atoms. The lowest BCUT2D eigenvalue weighted by molar-refractivity contribution is -0.133. The summed E-state index contributed by atoms with van der Waals surface area (Å²) in [5.74, 6) is 1.16. The number of nitrogens with one attached hydrogen (secondary N) is 1. The van der Waals surface area contributed by atoms with Gasteiger partial charge in [-0.2, -0.15) is 0 Å². The molecule has 5 nitrogen and oxygen atoms in total. The summed E-state index contributed by atoms with van der Waals surface area (Å²) in [5.41, 5.74) is 1.24. The van der Waals surface area contributed by atoms with Gasteiger partial charge in [-0.05, 0) is 51.9 Å². The van der Waals surface area contributed by atoms with E-state index in [-0.39, 0.29) is 23.5 Å². The van der Waals surface area contributed by atoms with E-state index in [1.54, 1.807) is 0 Å². The molecule has 0 radical (unpaired) electrons. The summed E-state index contributed by atoms with van der Waals surface area (Å²) in [6, 6.07) is 0. The standard InChI is InChI=1S/C25H44N2O3/c1-6-7-8-9-20(28)10-11-21-22-15-18(14-19(22)16-23(21)29)17-26-13-12-24(30)27(5)25(2,3)4/h10-11,14,19-23,26,28-29H,6-9,12-13,15-17H2,1-5H3/t19-,20-,21+,22-,23+/m0/s1. The maximum Gasteiger partial charge on any atom is 0.224 e. The molecule has 0 heterocycles. The molecule has 1 fully saturated rings. The van der Waals surface area contributed by atoms with E-state index in [4.69, 9.17) is 0 Å². The number of aliphatic hydroxyl groups excluding tert-OH is 2. The van der Waals surface area contributed by atoms with Gasteiger partial charge in [0.15, 0.2) is 0 Å². The summed E-state index contributed by atoms with van der Waals surface area (Å²) >= 11 is 0. The molecule has 3 N–H and O–H groups in total. The predicted molar refractivity (Wildman–Crippen MR) is 123 cm³/mol. The highest BCUT2D eigenvalue weighted by molar-refractivity contribution is 5.76. The van der Waals surface area contributed by atoms with Crippen molar-refractivity contribution in [2.75, 3.05) is 20.1 Å². The summed E-state index contributed by atoms with van der Waals surface area (Å²) in [6.07, 6.45) is 12.1. The van der Waals surface area contributed by atoms with Gasteiger partial charge in [0.1, 0.15) is 0 Å². The number of hydrogen-bond donors (Lipinski definition) is 3. The van der Waals surface area contributed by atoms with Crippen LogP contribution in [0.25, 0.3) is 0 Å². The van der Waals surface area contributed by atoms with Gasteiger partial charge in [-0.1, -0.05) is 50.0 Å². The van der Waals surface area contributed by atoms with Crippen LogP contribution in [0.5, 0.6) is 0 Å². The van der Waals surface area contributed by atoms with Crippen LogP contribution in [0.3, 0.4) is 0 Å². The van der Waals surface area contributed by atoms with E-state index < -0.39 is 6.10 Å². The first-order valence-electron chi connectivity index (χ1n) is 11.8. The molecule has 2 rings (SSSR count). The maximum atomic E-state index is 12.2. The number of unbranched alkanes of at least 4 members (excludes halogenated alkanes) is 2. The first-order chi connectivity index (χ1) is 14.1. The molecule has 0 saturated heterocycles. The molecular weight excluding hydrogens is 376 g/mol. The zero-order valence-electron chi connectivity index (χ0n) is 19.7. The van der Waals surface area contributed by atoms with Gasteiger partial charge in [0.05, 0.1) is 12.2 Å². The minimum Gasteiger partial charge on any atom is -0.392 e. The zero-order valence-corrected chi connectivity index (χ0v) is 19.7. The van der Waals surface area contributed by atoms with Crippen molar-refractivity contribution in [2.45, 2.75) is 90.4 Å². The Bertz CT molecular complexity index is 608. The first-order valence-corrected chi connectivity index (χ1v) is 11.8. The van der Waals surface area contributed by atoms with Crippen molar-refractivity contribution in [1.29, 1.82) is 0 Å². The highest BCUT2D eigenvalue weighted by Gasteiger charge is 2.43. The van der Waals surface area contributed by atoms with Gasteiger partial charge in [-0.15, -0.1) is 0 Å². The number of amides is 1. The third-order valence-corrected chi connectivity index (χ3v) is 6.86. The first kappa shape index (κ1) is 25.1. The Balaban J connectivity index is 1.75. The Morgan fingerprint density at radius 2 is 2.10 bits per heavy atom. The minimum atomic E-state index is -0.401. The molecule has 0 aliphatic heterocycles. The lowest BCUT2D eigenvalue weighted by atomic mass is 9.89. The molecule has 2 aliphatic carbocycles. The van der Waals surface area contributed by atoms with Crippen molar-refractivity contribution in [3.63, 3.8) is 0 Å². The van der Waals surface area contributed by atoms with Crippen molar-refractivity contribution in [3.05, 3.63) is 23.8 Å². The van der Waals surface area contributed by atoms with E-state index in [2.05, 4.69) is 24.4 Å². The molecule has 1 amide bonds. The topological polar surface area (TPSA) is 72.8 Å². The van der Waals surface area contributed by atoms with Crippen LogP contribution in [0.4, 0.5) is 0 Å². The fourth-order valence-corrected chi connectivity index (χ4v) is 4.68. The molecular formula is C25H44N2O3. The quantitative estimate of drug-likeness (QED) is 0.352. The van der Waals surface area contributed by atoms with Crippen LogP contribution < -0.4 is 5.32 Å². The van der Waals surface area contributed by atoms with E-state index >= 15 is 0 Å². The minimum absolute atomic E-state index is 0.131. The molecule has 172 valence electrons. The molecule has 0 bridgehead atoms. The van der Waals surface area contributed by atoms with Gasteiger partial charge < -0.3 is 20.4 Å². The molecule has 0 aromatic rings. The second-order valence-corrected chi connectivity index (χ2v) is 10.2. The van der Waals surface area contributed by atoms with Gasteiger partial charge in [0, 0.05) is 38.0 Å². The highest BCUT2D eigenvalue weighted by atomic mass is 16.3. The van der Waals surface area contributed by atoms with Crippen molar-refractivity contribution in [1.82, 2.24) is 10.2 Å². The van der Waals surface area contributed by atoms with Crippen LogP contribution in [0.1, 0.15) is 72.6 Å². The molecule has 0 unspecified atom stereocenters. The zero-order chi connectivity index (χ0) is 22.3. The molecule has 5 heteroatoms. The summed E-state index contributed by atoms with van der Waals surface area (Å²) in [7, 11) is 1.86. The fraction of sp³-hybridized carbons (Fsp3) is 0.800. The third kappa shape index (κ3) is 7.21. The molecule has 0 aromatic carbocycles. The van der Waals surface area contributed by atoms with Crippen molar-refractivity contribution >= 4 is 5.91 Å². The highest BCUT2D eigenvalue weighted by Crippen LogP contribution is 2.47. The van der Waals surface area contributed by atoms with Crippen LogP contribution in [-0.2, 0) is 4.79 Å². The SMILES string of the molecule is CCCCC[C@H](O)C=C[C@@H]1[C@H]2CC(CNCCC(=O)N(C)C(C)(C)C)=C[C@H]2C[C@H]1O. The smallest absolute Gasteiger partial charge is 0.224 e. The Labute approximate surface area is 183 Å². The number of aliphatic hydroxyl groups is 2. The number of nitrogens with zero attached hydrogens (tertiary/aromatic N) is 1. The molecule has 0 aromatic heterocycles. The van der Waals surface area contributed by atoms with Gasteiger partial charge in [0.2, 0.25) is 5.91 Å². The lowest BCUT2D eigenvalue weighted by Crippen LogP contribution is -2.43. The molecule has 1 saturated carbocycles. The number of hydrogen-bond acceptors (Lipinski definition) is 4. The maximum absolute atomic E-state index is 12.2. The number of fused-ring (bicyclic) bond motifs is 1. The van der Waals surface area contributed by atoms with E-state index in [1.165, 1.54) is 5.57 Å². The molecule has 2 aliphatic rings. The number of allylic oxidation sites excluding steroid dienone is 1. The average Bonchev–Trinajstić information content (AvgIpc) is 3.18. The van der Waals surface area contributed by atoms with E-state index in [0.717, 1.165) is 45.1 Å².